The molecule has 0 aliphatic carbocycles. The second-order valence-electron chi connectivity index (χ2n) is 8.38. The van der Waals surface area contributed by atoms with Crippen LogP contribution in [0.3, 0.4) is 0 Å². The highest BCUT2D eigenvalue weighted by atomic mass is 16.5. The van der Waals surface area contributed by atoms with Gasteiger partial charge in [0.1, 0.15) is 12.6 Å². The average molecular weight is 505 g/mol. The molecule has 1 atom stereocenters. The standard InChI is InChI=1S/C26H28N6O5/c33-23(29-17-22(24(34)35)30-26(36)37-18-19-5-2-1-3-6-19)20-7-9-21(10-8-20)31-13-15-32(16-14-31)25-27-11-4-12-28-25/h1-12,22H,13-18H2,(H,29,33)(H,30,36)(H,34,35)/t22-/m0/s1. The Kier molecular flexibility index (Phi) is 8.48. The zero-order valence-electron chi connectivity index (χ0n) is 20.1. The Morgan fingerprint density at radius 2 is 1.54 bits per heavy atom. The molecule has 1 fully saturated rings. The zero-order valence-corrected chi connectivity index (χ0v) is 20.1. The minimum atomic E-state index is -1.34. The summed E-state index contributed by atoms with van der Waals surface area (Å²) in [6, 6.07) is 16.6. The third-order valence-corrected chi connectivity index (χ3v) is 5.88. The van der Waals surface area contributed by atoms with Gasteiger partial charge in [-0.05, 0) is 35.9 Å². The molecule has 37 heavy (non-hydrogen) atoms. The number of rotatable bonds is 9. The first-order chi connectivity index (χ1) is 18.0. The Hall–Kier alpha value is -4.67. The van der Waals surface area contributed by atoms with E-state index >= 15 is 0 Å². The van der Waals surface area contributed by atoms with Gasteiger partial charge in [0.2, 0.25) is 5.95 Å². The molecule has 0 bridgehead atoms. The quantitative estimate of drug-likeness (QED) is 0.399. The maximum atomic E-state index is 12.6. The Morgan fingerprint density at radius 3 is 2.19 bits per heavy atom. The van der Waals surface area contributed by atoms with Crippen LogP contribution in [0.4, 0.5) is 16.4 Å². The van der Waals surface area contributed by atoms with E-state index in [1.165, 1.54) is 0 Å². The minimum Gasteiger partial charge on any atom is -0.480 e. The van der Waals surface area contributed by atoms with Gasteiger partial charge in [0.05, 0.1) is 0 Å². The molecule has 11 heteroatoms. The van der Waals surface area contributed by atoms with Gasteiger partial charge in [-0.3, -0.25) is 4.79 Å². The summed E-state index contributed by atoms with van der Waals surface area (Å²) in [5.74, 6) is -1.01. The number of carboxylic acids is 1. The van der Waals surface area contributed by atoms with E-state index in [1.807, 2.05) is 18.2 Å². The molecule has 1 aliphatic heterocycles. The molecule has 3 aromatic rings. The molecule has 0 spiro atoms. The lowest BCUT2D eigenvalue weighted by Crippen LogP contribution is -2.48. The number of nitrogens with one attached hydrogen (secondary N) is 2. The number of carboxylic acid groups (broad SMARTS) is 1. The number of benzene rings is 2. The van der Waals surface area contributed by atoms with Crippen LogP contribution < -0.4 is 20.4 Å². The summed E-state index contributed by atoms with van der Waals surface area (Å²) >= 11 is 0. The number of aromatic nitrogens is 2. The van der Waals surface area contributed by atoms with Crippen LogP contribution in [0, 0.1) is 0 Å². The molecule has 1 aliphatic rings. The molecular weight excluding hydrogens is 476 g/mol. The number of alkyl carbamates (subject to hydrolysis) is 1. The van der Waals surface area contributed by atoms with Crippen LogP contribution in [0.25, 0.3) is 0 Å². The van der Waals surface area contributed by atoms with E-state index in [9.17, 15) is 19.5 Å². The second-order valence-corrected chi connectivity index (χ2v) is 8.38. The summed E-state index contributed by atoms with van der Waals surface area (Å²) in [6.07, 6.45) is 2.57. The van der Waals surface area contributed by atoms with Crippen molar-refractivity contribution < 1.29 is 24.2 Å². The molecule has 1 saturated heterocycles. The van der Waals surface area contributed by atoms with Gasteiger partial charge in [-0.25, -0.2) is 19.6 Å². The molecule has 11 nitrogen and oxygen atoms in total. The average Bonchev–Trinajstić information content (AvgIpc) is 2.95. The summed E-state index contributed by atoms with van der Waals surface area (Å²) in [4.78, 5) is 49.1. The lowest BCUT2D eigenvalue weighted by atomic mass is 10.1. The fourth-order valence-electron chi connectivity index (χ4n) is 3.85. The van der Waals surface area contributed by atoms with Crippen molar-refractivity contribution in [1.82, 2.24) is 20.6 Å². The third-order valence-electron chi connectivity index (χ3n) is 5.88. The summed E-state index contributed by atoms with van der Waals surface area (Å²) in [5, 5.41) is 14.2. The molecule has 2 heterocycles. The number of piperazine rings is 1. The molecule has 3 N–H and O–H groups in total. The number of ether oxygens (including phenoxy) is 1. The Bertz CT molecular complexity index is 1190. The van der Waals surface area contributed by atoms with E-state index in [0.29, 0.717) is 11.5 Å². The highest BCUT2D eigenvalue weighted by Crippen LogP contribution is 2.19. The van der Waals surface area contributed by atoms with Crippen molar-refractivity contribution in [2.24, 2.45) is 0 Å². The molecule has 0 saturated carbocycles. The van der Waals surface area contributed by atoms with Gasteiger partial charge in [0.15, 0.2) is 0 Å². The van der Waals surface area contributed by atoms with Crippen LogP contribution in [0.5, 0.6) is 0 Å². The number of nitrogens with zero attached hydrogens (tertiary/aromatic N) is 4. The van der Waals surface area contributed by atoms with Gasteiger partial charge >= 0.3 is 12.1 Å². The van der Waals surface area contributed by atoms with E-state index in [1.54, 1.807) is 54.9 Å². The van der Waals surface area contributed by atoms with Crippen LogP contribution >= 0.6 is 0 Å². The lowest BCUT2D eigenvalue weighted by molar-refractivity contribution is -0.139. The Morgan fingerprint density at radius 1 is 0.892 bits per heavy atom. The normalized spacial score (nSPS) is 13.9. The SMILES string of the molecule is O=C(N[C@@H](CNC(=O)c1ccc(N2CCN(c3ncccn3)CC2)cc1)C(=O)O)OCc1ccccc1. The van der Waals surface area contributed by atoms with Gasteiger partial charge < -0.3 is 30.3 Å². The summed E-state index contributed by atoms with van der Waals surface area (Å²) < 4.78 is 5.06. The maximum absolute atomic E-state index is 12.6. The monoisotopic (exact) mass is 504 g/mol. The summed E-state index contributed by atoms with van der Waals surface area (Å²) in [6.45, 7) is 2.85. The fraction of sp³-hybridized carbons (Fsp3) is 0.269. The lowest BCUT2D eigenvalue weighted by Gasteiger charge is -2.36. The van der Waals surface area contributed by atoms with Crippen molar-refractivity contribution in [3.05, 3.63) is 84.2 Å². The van der Waals surface area contributed by atoms with E-state index in [-0.39, 0.29) is 13.2 Å². The Balaban J connectivity index is 1.24. The van der Waals surface area contributed by atoms with Gasteiger partial charge in [-0.2, -0.15) is 0 Å². The Labute approximate surface area is 214 Å². The predicted molar refractivity (Wildman–Crippen MR) is 136 cm³/mol. The van der Waals surface area contributed by atoms with Crippen LogP contribution in [0.1, 0.15) is 15.9 Å². The largest absolute Gasteiger partial charge is 0.480 e. The van der Waals surface area contributed by atoms with Crippen LogP contribution in [0.2, 0.25) is 0 Å². The van der Waals surface area contributed by atoms with Gasteiger partial charge in [-0.1, -0.05) is 30.3 Å². The summed E-state index contributed by atoms with van der Waals surface area (Å²) in [7, 11) is 0. The smallest absolute Gasteiger partial charge is 0.408 e. The van der Waals surface area contributed by atoms with E-state index in [4.69, 9.17) is 4.74 Å². The first kappa shape index (κ1) is 25.4. The summed E-state index contributed by atoms with van der Waals surface area (Å²) in [5.41, 5.74) is 2.14. The molecule has 0 radical (unpaired) electrons. The molecule has 0 unspecified atom stereocenters. The van der Waals surface area contributed by atoms with Crippen LogP contribution in [0.15, 0.2) is 73.1 Å². The van der Waals surface area contributed by atoms with Crippen molar-refractivity contribution in [2.75, 3.05) is 42.5 Å². The number of amides is 2. The maximum Gasteiger partial charge on any atom is 0.408 e. The van der Waals surface area contributed by atoms with Crippen LogP contribution in [-0.4, -0.2) is 71.8 Å². The number of carbonyl (C=O) groups excluding carboxylic acids is 2. The van der Waals surface area contributed by atoms with Crippen molar-refractivity contribution in [2.45, 2.75) is 12.6 Å². The first-order valence-corrected chi connectivity index (χ1v) is 11.8. The minimum absolute atomic E-state index is 0.00675. The van der Waals surface area contributed by atoms with Crippen molar-refractivity contribution >= 4 is 29.6 Å². The van der Waals surface area contributed by atoms with Crippen molar-refractivity contribution in [3.8, 4) is 0 Å². The number of hydrogen-bond acceptors (Lipinski definition) is 8. The van der Waals surface area contributed by atoms with E-state index < -0.39 is 24.0 Å². The zero-order chi connectivity index (χ0) is 26.0. The third kappa shape index (κ3) is 7.17. The highest BCUT2D eigenvalue weighted by Gasteiger charge is 2.22. The second kappa shape index (κ2) is 12.3. The van der Waals surface area contributed by atoms with Gasteiger partial charge in [-0.15, -0.1) is 0 Å². The molecule has 192 valence electrons. The van der Waals surface area contributed by atoms with E-state index in [0.717, 1.165) is 37.4 Å². The van der Waals surface area contributed by atoms with E-state index in [2.05, 4.69) is 30.4 Å². The molecule has 2 amide bonds. The van der Waals surface area contributed by atoms with Gasteiger partial charge in [0, 0.05) is 56.4 Å². The van der Waals surface area contributed by atoms with Gasteiger partial charge in [0.25, 0.3) is 5.91 Å². The number of hydrogen-bond donors (Lipinski definition) is 3. The highest BCUT2D eigenvalue weighted by molar-refractivity contribution is 5.95. The molecule has 4 rings (SSSR count). The predicted octanol–water partition coefficient (Wildman–Crippen LogP) is 1.91. The molecule has 2 aromatic carbocycles. The fourth-order valence-corrected chi connectivity index (χ4v) is 3.85. The number of carbonyl (C=O) groups is 3. The molecule has 1 aromatic heterocycles. The number of aliphatic carboxylic acids is 1. The number of anilines is 2. The van der Waals surface area contributed by atoms with Crippen LogP contribution in [-0.2, 0) is 16.1 Å². The van der Waals surface area contributed by atoms with Crippen molar-refractivity contribution in [3.63, 3.8) is 0 Å². The molecular formula is C26H28N6O5. The first-order valence-electron chi connectivity index (χ1n) is 11.8. The topological polar surface area (TPSA) is 137 Å². The van der Waals surface area contributed by atoms with Crippen molar-refractivity contribution in [1.29, 1.82) is 0 Å².